The number of amides is 1. The first kappa shape index (κ1) is 17.7. The molecule has 1 amide bonds. The quantitative estimate of drug-likeness (QED) is 0.885. The number of nitrogen functional groups attached to an aromatic ring is 1. The lowest BCUT2D eigenvalue weighted by molar-refractivity contribution is -0.132. The van der Waals surface area contributed by atoms with Crippen molar-refractivity contribution in [2.24, 2.45) is 0 Å². The number of carbonyl (C=O) groups excluding carboxylic acids is 1. The molecule has 27 heavy (non-hydrogen) atoms. The molecule has 0 saturated carbocycles. The largest absolute Gasteiger partial charge is 0.493 e. The fourth-order valence-electron chi connectivity index (χ4n) is 3.96. The molecule has 0 aliphatic carbocycles. The number of likely N-dealkylation sites (tertiary alicyclic amines) is 1. The number of rotatable bonds is 4. The summed E-state index contributed by atoms with van der Waals surface area (Å²) in [5.41, 5.74) is 6.75. The molecule has 2 atom stereocenters. The van der Waals surface area contributed by atoms with Gasteiger partial charge >= 0.3 is 0 Å². The van der Waals surface area contributed by atoms with Crippen molar-refractivity contribution in [1.82, 2.24) is 19.8 Å². The predicted molar refractivity (Wildman–Crippen MR) is 102 cm³/mol. The van der Waals surface area contributed by atoms with Gasteiger partial charge in [0.25, 0.3) is 0 Å². The van der Waals surface area contributed by atoms with E-state index in [9.17, 15) is 4.79 Å². The van der Waals surface area contributed by atoms with Gasteiger partial charge in [-0.1, -0.05) is 18.2 Å². The second-order valence-corrected chi connectivity index (χ2v) is 7.27. The third kappa shape index (κ3) is 3.73. The summed E-state index contributed by atoms with van der Waals surface area (Å²) >= 11 is 0. The van der Waals surface area contributed by atoms with Gasteiger partial charge in [-0.15, -0.1) is 0 Å². The van der Waals surface area contributed by atoms with Crippen molar-refractivity contribution >= 4 is 11.7 Å². The normalized spacial score (nSPS) is 21.8. The maximum Gasteiger partial charge on any atom is 0.230 e. The van der Waals surface area contributed by atoms with Crippen molar-refractivity contribution in [3.05, 3.63) is 47.9 Å². The van der Waals surface area contributed by atoms with Crippen molar-refractivity contribution in [2.45, 2.75) is 31.3 Å². The van der Waals surface area contributed by atoms with Crippen molar-refractivity contribution in [3.8, 4) is 5.75 Å². The Morgan fingerprint density at radius 3 is 3.04 bits per heavy atom. The SMILES string of the molecule is CN(Cc1nccc(N)n1)[C@H]1CCN(C(=O)[C@@H]2CCOc3ccccc32)C1. The molecule has 2 N–H and O–H groups in total. The Kier molecular flexibility index (Phi) is 4.94. The molecule has 0 bridgehead atoms. The molecule has 2 aromatic rings. The molecular formula is C20H25N5O2. The van der Waals surface area contributed by atoms with Gasteiger partial charge < -0.3 is 15.4 Å². The van der Waals surface area contributed by atoms with Gasteiger partial charge in [-0.2, -0.15) is 0 Å². The molecule has 142 valence electrons. The van der Waals surface area contributed by atoms with E-state index < -0.39 is 0 Å². The van der Waals surface area contributed by atoms with Crippen LogP contribution < -0.4 is 10.5 Å². The van der Waals surface area contributed by atoms with Gasteiger partial charge in [0.1, 0.15) is 17.4 Å². The molecule has 4 rings (SSSR count). The van der Waals surface area contributed by atoms with Crippen LogP contribution in [0, 0.1) is 0 Å². The Labute approximate surface area is 159 Å². The van der Waals surface area contributed by atoms with E-state index in [1.54, 1.807) is 12.3 Å². The van der Waals surface area contributed by atoms with Gasteiger partial charge in [0.15, 0.2) is 0 Å². The summed E-state index contributed by atoms with van der Waals surface area (Å²) in [6, 6.07) is 9.86. The molecule has 3 heterocycles. The number of para-hydroxylation sites is 1. The Hall–Kier alpha value is -2.67. The lowest BCUT2D eigenvalue weighted by Crippen LogP contribution is -2.39. The third-order valence-electron chi connectivity index (χ3n) is 5.47. The standard InChI is InChI=1S/C20H25N5O2/c1-24(13-19-22-9-6-18(21)23-19)14-7-10-25(12-14)20(26)16-8-11-27-17-5-3-2-4-15(16)17/h2-6,9,14,16H,7-8,10-13H2,1H3,(H2,21,22,23)/t14-,16+/m0/s1. The maximum absolute atomic E-state index is 13.1. The number of hydrogen-bond donors (Lipinski definition) is 1. The van der Waals surface area contributed by atoms with Crippen LogP contribution in [0.4, 0.5) is 5.82 Å². The Bertz CT molecular complexity index is 828. The van der Waals surface area contributed by atoms with E-state index in [1.165, 1.54) is 0 Å². The van der Waals surface area contributed by atoms with Crippen molar-refractivity contribution in [2.75, 3.05) is 32.5 Å². The van der Waals surface area contributed by atoms with Gasteiger partial charge in [-0.05, 0) is 32.0 Å². The molecule has 0 radical (unpaired) electrons. The van der Waals surface area contributed by atoms with Gasteiger partial charge in [0.05, 0.1) is 19.1 Å². The highest BCUT2D eigenvalue weighted by Crippen LogP contribution is 2.35. The number of anilines is 1. The zero-order valence-electron chi connectivity index (χ0n) is 15.5. The highest BCUT2D eigenvalue weighted by Gasteiger charge is 2.35. The van der Waals surface area contributed by atoms with Gasteiger partial charge in [0.2, 0.25) is 5.91 Å². The Morgan fingerprint density at radius 2 is 2.19 bits per heavy atom. The summed E-state index contributed by atoms with van der Waals surface area (Å²) in [5, 5.41) is 0. The number of carbonyl (C=O) groups is 1. The van der Waals surface area contributed by atoms with Crippen LogP contribution in [-0.2, 0) is 11.3 Å². The van der Waals surface area contributed by atoms with Crippen LogP contribution in [0.25, 0.3) is 0 Å². The highest BCUT2D eigenvalue weighted by molar-refractivity contribution is 5.85. The summed E-state index contributed by atoms with van der Waals surface area (Å²) < 4.78 is 5.70. The van der Waals surface area contributed by atoms with Crippen molar-refractivity contribution in [3.63, 3.8) is 0 Å². The molecule has 0 spiro atoms. The zero-order chi connectivity index (χ0) is 18.8. The monoisotopic (exact) mass is 367 g/mol. The number of fused-ring (bicyclic) bond motifs is 1. The third-order valence-corrected chi connectivity index (χ3v) is 5.47. The molecule has 1 fully saturated rings. The molecular weight excluding hydrogens is 342 g/mol. The van der Waals surface area contributed by atoms with Crippen LogP contribution >= 0.6 is 0 Å². The Balaban J connectivity index is 1.40. The number of benzene rings is 1. The maximum atomic E-state index is 13.1. The fourth-order valence-corrected chi connectivity index (χ4v) is 3.96. The molecule has 1 aromatic carbocycles. The van der Waals surface area contributed by atoms with E-state index in [1.807, 2.05) is 29.2 Å². The minimum absolute atomic E-state index is 0.101. The van der Waals surface area contributed by atoms with Crippen LogP contribution in [-0.4, -0.2) is 58.5 Å². The average molecular weight is 367 g/mol. The highest BCUT2D eigenvalue weighted by atomic mass is 16.5. The average Bonchev–Trinajstić information content (AvgIpc) is 3.17. The van der Waals surface area contributed by atoms with Crippen LogP contribution in [0.1, 0.15) is 30.1 Å². The number of nitrogens with zero attached hydrogens (tertiary/aromatic N) is 4. The van der Waals surface area contributed by atoms with Gasteiger partial charge in [-0.3, -0.25) is 9.69 Å². The van der Waals surface area contributed by atoms with E-state index in [-0.39, 0.29) is 11.8 Å². The first-order valence-corrected chi connectivity index (χ1v) is 9.40. The molecule has 7 heteroatoms. The van der Waals surface area contributed by atoms with E-state index >= 15 is 0 Å². The van der Waals surface area contributed by atoms with E-state index in [2.05, 4.69) is 21.9 Å². The smallest absolute Gasteiger partial charge is 0.230 e. The zero-order valence-corrected chi connectivity index (χ0v) is 15.5. The van der Waals surface area contributed by atoms with Crippen LogP contribution in [0.3, 0.4) is 0 Å². The molecule has 2 aliphatic heterocycles. The lowest BCUT2D eigenvalue weighted by atomic mass is 9.92. The molecule has 2 aliphatic rings. The summed E-state index contributed by atoms with van der Waals surface area (Å²) in [6.45, 7) is 2.73. The summed E-state index contributed by atoms with van der Waals surface area (Å²) in [6.07, 6.45) is 3.37. The number of likely N-dealkylation sites (N-methyl/N-ethyl adjacent to an activating group) is 1. The Morgan fingerprint density at radius 1 is 1.33 bits per heavy atom. The summed E-state index contributed by atoms with van der Waals surface area (Å²) in [7, 11) is 2.05. The first-order valence-electron chi connectivity index (χ1n) is 9.40. The number of hydrogen-bond acceptors (Lipinski definition) is 6. The first-order chi connectivity index (χ1) is 13.1. The van der Waals surface area contributed by atoms with E-state index in [0.29, 0.717) is 30.8 Å². The minimum Gasteiger partial charge on any atom is -0.493 e. The lowest BCUT2D eigenvalue weighted by Gasteiger charge is -2.29. The fraction of sp³-hybridized carbons (Fsp3) is 0.450. The second-order valence-electron chi connectivity index (χ2n) is 7.27. The molecule has 1 saturated heterocycles. The predicted octanol–water partition coefficient (Wildman–Crippen LogP) is 1.66. The summed E-state index contributed by atoms with van der Waals surface area (Å²) in [4.78, 5) is 25.9. The summed E-state index contributed by atoms with van der Waals surface area (Å²) in [5.74, 6) is 2.14. The van der Waals surface area contributed by atoms with Crippen molar-refractivity contribution in [1.29, 1.82) is 0 Å². The van der Waals surface area contributed by atoms with Gasteiger partial charge in [-0.25, -0.2) is 9.97 Å². The van der Waals surface area contributed by atoms with Crippen LogP contribution in [0.2, 0.25) is 0 Å². The number of nitrogens with two attached hydrogens (primary N) is 1. The number of ether oxygens (including phenoxy) is 1. The van der Waals surface area contributed by atoms with Gasteiger partial charge in [0, 0.05) is 30.9 Å². The topological polar surface area (TPSA) is 84.6 Å². The van der Waals surface area contributed by atoms with E-state index in [4.69, 9.17) is 10.5 Å². The second kappa shape index (κ2) is 7.52. The van der Waals surface area contributed by atoms with Crippen LogP contribution in [0.5, 0.6) is 5.75 Å². The minimum atomic E-state index is -0.101. The van der Waals surface area contributed by atoms with Crippen LogP contribution in [0.15, 0.2) is 36.5 Å². The molecule has 1 aromatic heterocycles. The number of aromatic nitrogens is 2. The molecule has 0 unspecified atom stereocenters. The molecule has 7 nitrogen and oxygen atoms in total. The van der Waals surface area contributed by atoms with E-state index in [0.717, 1.165) is 37.2 Å². The van der Waals surface area contributed by atoms with Crippen molar-refractivity contribution < 1.29 is 9.53 Å².